The molecule has 19 heavy (non-hydrogen) atoms. The zero-order valence-corrected chi connectivity index (χ0v) is 13.2. The van der Waals surface area contributed by atoms with Crippen LogP contribution in [0.15, 0.2) is 27.3 Å². The Balaban J connectivity index is 2.16. The zero-order valence-electron chi connectivity index (χ0n) is 11.6. The summed E-state index contributed by atoms with van der Waals surface area (Å²) in [5.41, 5.74) is 2.26. The Hall–Kier alpha value is -1.07. The number of nitrogens with zero attached hydrogens (tertiary/aromatic N) is 2. The molecule has 2 aromatic rings. The number of hydrogen-bond donors (Lipinski definition) is 1. The number of rotatable bonds is 6. The molecule has 1 unspecified atom stereocenters. The second kappa shape index (κ2) is 6.39. The topological polar surface area (TPSA) is 43.0 Å². The van der Waals surface area contributed by atoms with Crippen molar-refractivity contribution in [3.63, 3.8) is 0 Å². The second-order valence-electron chi connectivity index (χ2n) is 4.75. The van der Waals surface area contributed by atoms with Gasteiger partial charge in [0, 0.05) is 19.2 Å². The molecule has 2 rings (SSSR count). The fourth-order valence-corrected chi connectivity index (χ4v) is 2.49. The van der Waals surface area contributed by atoms with Gasteiger partial charge in [0.15, 0.2) is 4.67 Å². The minimum absolute atomic E-state index is 0.182. The lowest BCUT2D eigenvalue weighted by Crippen LogP contribution is -2.24. The normalized spacial score (nSPS) is 12.8. The molecule has 0 fully saturated rings. The molecule has 0 spiro atoms. The van der Waals surface area contributed by atoms with E-state index < -0.39 is 0 Å². The van der Waals surface area contributed by atoms with Gasteiger partial charge in [-0.3, -0.25) is 4.68 Å². The Morgan fingerprint density at radius 1 is 1.47 bits per heavy atom. The lowest BCUT2D eigenvalue weighted by molar-refractivity contribution is 0.395. The van der Waals surface area contributed by atoms with Crippen LogP contribution in [0.2, 0.25) is 0 Å². The Morgan fingerprint density at radius 2 is 2.26 bits per heavy atom. The molecule has 1 N–H and O–H groups in total. The Labute approximate surface area is 122 Å². The van der Waals surface area contributed by atoms with Gasteiger partial charge in [0.25, 0.3) is 0 Å². The van der Waals surface area contributed by atoms with Crippen LogP contribution >= 0.6 is 15.9 Å². The molecule has 0 amide bonds. The average molecular weight is 326 g/mol. The molecule has 0 saturated heterocycles. The van der Waals surface area contributed by atoms with Crippen molar-refractivity contribution >= 4 is 15.9 Å². The second-order valence-corrected chi connectivity index (χ2v) is 5.53. The van der Waals surface area contributed by atoms with Gasteiger partial charge in [-0.15, -0.1) is 0 Å². The van der Waals surface area contributed by atoms with E-state index in [1.807, 2.05) is 30.8 Å². The number of halogens is 1. The summed E-state index contributed by atoms with van der Waals surface area (Å²) in [7, 11) is 1.98. The van der Waals surface area contributed by atoms with Gasteiger partial charge in [0.1, 0.15) is 5.76 Å². The van der Waals surface area contributed by atoms with Crippen LogP contribution in [0.1, 0.15) is 36.5 Å². The van der Waals surface area contributed by atoms with Gasteiger partial charge in [-0.05, 0) is 54.0 Å². The van der Waals surface area contributed by atoms with E-state index in [4.69, 9.17) is 4.42 Å². The lowest BCUT2D eigenvalue weighted by Gasteiger charge is -2.16. The molecule has 0 saturated carbocycles. The molecule has 104 valence electrons. The SMILES string of the molecule is CCCNC(Cc1cc(C)nn1C)c1ccc(Br)o1. The summed E-state index contributed by atoms with van der Waals surface area (Å²) in [4.78, 5) is 0. The molecule has 0 aliphatic rings. The molecule has 1 atom stereocenters. The maximum atomic E-state index is 5.69. The van der Waals surface area contributed by atoms with Crippen molar-refractivity contribution in [1.29, 1.82) is 0 Å². The number of furan rings is 1. The highest BCUT2D eigenvalue weighted by Gasteiger charge is 2.17. The van der Waals surface area contributed by atoms with Crippen molar-refractivity contribution in [2.75, 3.05) is 6.54 Å². The van der Waals surface area contributed by atoms with Crippen molar-refractivity contribution < 1.29 is 4.42 Å². The van der Waals surface area contributed by atoms with Crippen molar-refractivity contribution in [3.8, 4) is 0 Å². The molecular formula is C14H20BrN3O. The fourth-order valence-electron chi connectivity index (χ4n) is 2.17. The van der Waals surface area contributed by atoms with Crippen LogP contribution in [0.5, 0.6) is 0 Å². The maximum Gasteiger partial charge on any atom is 0.169 e. The van der Waals surface area contributed by atoms with Crippen LogP contribution in [0.25, 0.3) is 0 Å². The average Bonchev–Trinajstić information content (AvgIpc) is 2.91. The number of hydrogen-bond acceptors (Lipinski definition) is 3. The van der Waals surface area contributed by atoms with Crippen LogP contribution in [-0.2, 0) is 13.5 Å². The number of aromatic nitrogens is 2. The molecule has 0 radical (unpaired) electrons. The first-order chi connectivity index (χ1) is 9.10. The summed E-state index contributed by atoms with van der Waals surface area (Å²) >= 11 is 3.36. The molecule has 0 aliphatic carbocycles. The van der Waals surface area contributed by atoms with Crippen LogP contribution in [0.3, 0.4) is 0 Å². The highest BCUT2D eigenvalue weighted by Crippen LogP contribution is 2.23. The first-order valence-corrected chi connectivity index (χ1v) is 7.37. The van der Waals surface area contributed by atoms with Crippen molar-refractivity contribution in [3.05, 3.63) is 40.0 Å². The predicted molar refractivity (Wildman–Crippen MR) is 79.1 cm³/mol. The van der Waals surface area contributed by atoms with Crippen LogP contribution in [-0.4, -0.2) is 16.3 Å². The van der Waals surface area contributed by atoms with Crippen LogP contribution in [0.4, 0.5) is 0 Å². The third-order valence-electron chi connectivity index (χ3n) is 3.09. The Bertz CT molecular complexity index is 533. The van der Waals surface area contributed by atoms with Gasteiger partial charge < -0.3 is 9.73 Å². The van der Waals surface area contributed by atoms with Gasteiger partial charge >= 0.3 is 0 Å². The maximum absolute atomic E-state index is 5.69. The zero-order chi connectivity index (χ0) is 13.8. The molecule has 2 heterocycles. The molecule has 0 bridgehead atoms. The van der Waals surface area contributed by atoms with E-state index in [0.717, 1.165) is 35.5 Å². The molecule has 0 aliphatic heterocycles. The van der Waals surface area contributed by atoms with Gasteiger partial charge in [-0.25, -0.2) is 0 Å². The standard InChI is InChI=1S/C14H20BrN3O/c1-4-7-16-12(13-5-6-14(15)19-13)9-11-8-10(2)17-18(11)3/h5-6,8,12,16H,4,7,9H2,1-3H3. The summed E-state index contributed by atoms with van der Waals surface area (Å²) in [5, 5.41) is 7.92. The predicted octanol–water partition coefficient (Wildman–Crippen LogP) is 3.37. The van der Waals surface area contributed by atoms with E-state index in [9.17, 15) is 0 Å². The van der Waals surface area contributed by atoms with Crippen molar-refractivity contribution in [2.45, 2.75) is 32.7 Å². The minimum atomic E-state index is 0.182. The van der Waals surface area contributed by atoms with E-state index in [0.29, 0.717) is 0 Å². The largest absolute Gasteiger partial charge is 0.453 e. The van der Waals surface area contributed by atoms with E-state index in [-0.39, 0.29) is 6.04 Å². The fraction of sp³-hybridized carbons (Fsp3) is 0.500. The molecular weight excluding hydrogens is 306 g/mol. The summed E-state index contributed by atoms with van der Waals surface area (Å²) in [6, 6.07) is 6.25. The van der Waals surface area contributed by atoms with Gasteiger partial charge in [-0.1, -0.05) is 6.92 Å². The van der Waals surface area contributed by atoms with Crippen LogP contribution in [0, 0.1) is 6.92 Å². The number of aryl methyl sites for hydroxylation is 2. The van der Waals surface area contributed by atoms with E-state index in [1.54, 1.807) is 0 Å². The molecule has 0 aromatic carbocycles. The summed E-state index contributed by atoms with van der Waals surface area (Å²) < 4.78 is 8.39. The summed E-state index contributed by atoms with van der Waals surface area (Å²) in [5.74, 6) is 0.958. The first-order valence-electron chi connectivity index (χ1n) is 6.58. The number of nitrogens with one attached hydrogen (secondary N) is 1. The minimum Gasteiger partial charge on any atom is -0.453 e. The third-order valence-corrected chi connectivity index (χ3v) is 3.52. The highest BCUT2D eigenvalue weighted by atomic mass is 79.9. The van der Waals surface area contributed by atoms with E-state index in [1.165, 1.54) is 5.69 Å². The monoisotopic (exact) mass is 325 g/mol. The first kappa shape index (κ1) is 14.3. The molecule has 5 heteroatoms. The summed E-state index contributed by atoms with van der Waals surface area (Å²) in [6.07, 6.45) is 1.97. The van der Waals surface area contributed by atoms with Gasteiger partial charge in [0.05, 0.1) is 11.7 Å². The smallest absolute Gasteiger partial charge is 0.169 e. The van der Waals surface area contributed by atoms with Gasteiger partial charge in [-0.2, -0.15) is 5.10 Å². The lowest BCUT2D eigenvalue weighted by atomic mass is 10.1. The summed E-state index contributed by atoms with van der Waals surface area (Å²) in [6.45, 7) is 5.15. The molecule has 2 aromatic heterocycles. The van der Waals surface area contributed by atoms with Crippen molar-refractivity contribution in [1.82, 2.24) is 15.1 Å². The quantitative estimate of drug-likeness (QED) is 0.885. The Kier molecular flexibility index (Phi) is 4.82. The van der Waals surface area contributed by atoms with E-state index in [2.05, 4.69) is 39.3 Å². The van der Waals surface area contributed by atoms with E-state index >= 15 is 0 Å². The van der Waals surface area contributed by atoms with Gasteiger partial charge in [0.2, 0.25) is 0 Å². The Morgan fingerprint density at radius 3 is 2.79 bits per heavy atom. The molecule has 4 nitrogen and oxygen atoms in total. The third kappa shape index (κ3) is 3.70. The highest BCUT2D eigenvalue weighted by molar-refractivity contribution is 9.10. The van der Waals surface area contributed by atoms with Crippen LogP contribution < -0.4 is 5.32 Å². The van der Waals surface area contributed by atoms with Crippen molar-refractivity contribution in [2.24, 2.45) is 7.05 Å².